The Balaban J connectivity index is 1.95. The largest absolute Gasteiger partial charge is 0.493 e. The lowest BCUT2D eigenvalue weighted by molar-refractivity contribution is 0.296. The second-order valence-electron chi connectivity index (χ2n) is 4.75. The van der Waals surface area contributed by atoms with Gasteiger partial charge in [0, 0.05) is 5.02 Å². The number of ether oxygens (including phenoxy) is 1. The van der Waals surface area contributed by atoms with Crippen LogP contribution in [0.15, 0.2) is 18.2 Å². The van der Waals surface area contributed by atoms with E-state index in [1.54, 1.807) is 0 Å². The standard InChI is InChI=1S/C14H20ClNO/c15-13-6-7-14(17-10-11-4-5-11)12(9-13)3-1-2-8-16/h6-7,9,11H,1-5,8,10,16H2. The third kappa shape index (κ3) is 4.21. The van der Waals surface area contributed by atoms with Gasteiger partial charge in [-0.25, -0.2) is 0 Å². The van der Waals surface area contributed by atoms with Crippen LogP contribution >= 0.6 is 11.6 Å². The van der Waals surface area contributed by atoms with Crippen molar-refractivity contribution in [2.75, 3.05) is 13.2 Å². The molecule has 0 aromatic heterocycles. The highest BCUT2D eigenvalue weighted by molar-refractivity contribution is 6.30. The Morgan fingerprint density at radius 3 is 2.82 bits per heavy atom. The molecule has 94 valence electrons. The summed E-state index contributed by atoms with van der Waals surface area (Å²) < 4.78 is 5.86. The average Bonchev–Trinajstić information content (AvgIpc) is 3.12. The maximum atomic E-state index is 6.02. The average molecular weight is 254 g/mol. The second kappa shape index (κ2) is 6.27. The summed E-state index contributed by atoms with van der Waals surface area (Å²) in [4.78, 5) is 0. The van der Waals surface area contributed by atoms with Crippen molar-refractivity contribution in [1.82, 2.24) is 0 Å². The van der Waals surface area contributed by atoms with Crippen molar-refractivity contribution < 1.29 is 4.74 Å². The molecule has 0 atom stereocenters. The van der Waals surface area contributed by atoms with E-state index in [9.17, 15) is 0 Å². The van der Waals surface area contributed by atoms with E-state index in [0.29, 0.717) is 0 Å². The number of nitrogens with two attached hydrogens (primary N) is 1. The molecular formula is C14H20ClNO. The Labute approximate surface area is 108 Å². The van der Waals surface area contributed by atoms with Gasteiger partial charge in [0.1, 0.15) is 5.75 Å². The normalized spacial score (nSPS) is 14.9. The number of hydrogen-bond acceptors (Lipinski definition) is 2. The maximum absolute atomic E-state index is 6.02. The highest BCUT2D eigenvalue weighted by Gasteiger charge is 2.22. The lowest BCUT2D eigenvalue weighted by Crippen LogP contribution is -2.03. The second-order valence-corrected chi connectivity index (χ2v) is 5.19. The Kier molecular flexibility index (Phi) is 4.69. The first-order chi connectivity index (χ1) is 8.29. The summed E-state index contributed by atoms with van der Waals surface area (Å²) in [6.07, 6.45) is 5.77. The van der Waals surface area contributed by atoms with E-state index < -0.39 is 0 Å². The van der Waals surface area contributed by atoms with Crippen LogP contribution in [0.1, 0.15) is 31.2 Å². The van der Waals surface area contributed by atoms with Crippen molar-refractivity contribution in [1.29, 1.82) is 0 Å². The predicted octanol–water partition coefficient (Wildman–Crippen LogP) is 3.41. The van der Waals surface area contributed by atoms with E-state index in [4.69, 9.17) is 22.1 Å². The first-order valence-electron chi connectivity index (χ1n) is 6.41. The van der Waals surface area contributed by atoms with Crippen molar-refractivity contribution in [2.24, 2.45) is 11.7 Å². The molecule has 2 rings (SSSR count). The molecule has 0 saturated heterocycles. The molecule has 1 aromatic rings. The van der Waals surface area contributed by atoms with Crippen LogP contribution in [0.4, 0.5) is 0 Å². The van der Waals surface area contributed by atoms with Gasteiger partial charge in [-0.05, 0) is 68.3 Å². The third-order valence-corrected chi connectivity index (χ3v) is 3.33. The molecule has 0 heterocycles. The van der Waals surface area contributed by atoms with Crippen molar-refractivity contribution in [3.63, 3.8) is 0 Å². The Bertz CT molecular complexity index is 363. The number of rotatable bonds is 7. The molecule has 17 heavy (non-hydrogen) atoms. The Hall–Kier alpha value is -0.730. The summed E-state index contributed by atoms with van der Waals surface area (Å²) in [5, 5.41) is 0.784. The highest BCUT2D eigenvalue weighted by Crippen LogP contribution is 2.31. The van der Waals surface area contributed by atoms with Gasteiger partial charge in [-0.3, -0.25) is 0 Å². The van der Waals surface area contributed by atoms with Gasteiger partial charge in [0.15, 0.2) is 0 Å². The number of benzene rings is 1. The van der Waals surface area contributed by atoms with E-state index in [-0.39, 0.29) is 0 Å². The summed E-state index contributed by atoms with van der Waals surface area (Å²) >= 11 is 6.02. The van der Waals surface area contributed by atoms with E-state index in [1.807, 2.05) is 18.2 Å². The van der Waals surface area contributed by atoms with Crippen molar-refractivity contribution in [3.8, 4) is 5.75 Å². The molecule has 2 N–H and O–H groups in total. The zero-order valence-electron chi connectivity index (χ0n) is 10.1. The molecule has 1 fully saturated rings. The summed E-state index contributed by atoms with van der Waals surface area (Å²) in [5.41, 5.74) is 6.72. The fourth-order valence-electron chi connectivity index (χ4n) is 1.84. The minimum Gasteiger partial charge on any atom is -0.493 e. The van der Waals surface area contributed by atoms with E-state index >= 15 is 0 Å². The molecule has 0 spiro atoms. The first kappa shape index (κ1) is 12.7. The number of halogens is 1. The van der Waals surface area contributed by atoms with Crippen LogP contribution in [-0.2, 0) is 6.42 Å². The monoisotopic (exact) mass is 253 g/mol. The topological polar surface area (TPSA) is 35.2 Å². The molecule has 1 aliphatic carbocycles. The molecule has 2 nitrogen and oxygen atoms in total. The van der Waals surface area contributed by atoms with E-state index in [1.165, 1.54) is 18.4 Å². The SMILES string of the molecule is NCCCCc1cc(Cl)ccc1OCC1CC1. The molecule has 1 aromatic carbocycles. The van der Waals surface area contributed by atoms with Crippen LogP contribution < -0.4 is 10.5 Å². The number of aryl methyl sites for hydroxylation is 1. The van der Waals surface area contributed by atoms with Crippen LogP contribution in [0.25, 0.3) is 0 Å². The lowest BCUT2D eigenvalue weighted by atomic mass is 10.1. The smallest absolute Gasteiger partial charge is 0.122 e. The molecule has 0 radical (unpaired) electrons. The molecule has 0 bridgehead atoms. The van der Waals surface area contributed by atoms with Crippen LogP contribution in [0.5, 0.6) is 5.75 Å². The van der Waals surface area contributed by atoms with Crippen LogP contribution in [0, 0.1) is 5.92 Å². The van der Waals surface area contributed by atoms with Gasteiger partial charge < -0.3 is 10.5 Å². The van der Waals surface area contributed by atoms with E-state index in [2.05, 4.69) is 0 Å². The zero-order chi connectivity index (χ0) is 12.1. The molecule has 0 unspecified atom stereocenters. The Morgan fingerprint density at radius 2 is 2.12 bits per heavy atom. The molecular weight excluding hydrogens is 234 g/mol. The number of unbranched alkanes of at least 4 members (excludes halogenated alkanes) is 1. The predicted molar refractivity (Wildman–Crippen MR) is 71.7 cm³/mol. The summed E-state index contributed by atoms with van der Waals surface area (Å²) in [6, 6.07) is 5.90. The van der Waals surface area contributed by atoms with Crippen LogP contribution in [-0.4, -0.2) is 13.2 Å². The molecule has 1 aliphatic rings. The fraction of sp³-hybridized carbons (Fsp3) is 0.571. The third-order valence-electron chi connectivity index (χ3n) is 3.09. The summed E-state index contributed by atoms with van der Waals surface area (Å²) in [5.74, 6) is 1.78. The van der Waals surface area contributed by atoms with Crippen molar-refractivity contribution in [2.45, 2.75) is 32.1 Å². The minimum absolute atomic E-state index is 0.749. The first-order valence-corrected chi connectivity index (χ1v) is 6.78. The van der Waals surface area contributed by atoms with Gasteiger partial charge in [-0.1, -0.05) is 11.6 Å². The molecule has 0 aliphatic heterocycles. The lowest BCUT2D eigenvalue weighted by Gasteiger charge is -2.11. The van der Waals surface area contributed by atoms with Gasteiger partial charge in [0.05, 0.1) is 6.61 Å². The molecule has 0 amide bonds. The zero-order valence-corrected chi connectivity index (χ0v) is 10.9. The fourth-order valence-corrected chi connectivity index (χ4v) is 2.03. The van der Waals surface area contributed by atoms with Crippen molar-refractivity contribution in [3.05, 3.63) is 28.8 Å². The summed E-state index contributed by atoms with van der Waals surface area (Å²) in [7, 11) is 0. The van der Waals surface area contributed by atoms with Gasteiger partial charge >= 0.3 is 0 Å². The van der Waals surface area contributed by atoms with Crippen LogP contribution in [0.3, 0.4) is 0 Å². The maximum Gasteiger partial charge on any atom is 0.122 e. The van der Waals surface area contributed by atoms with Crippen LogP contribution in [0.2, 0.25) is 5.02 Å². The molecule has 1 saturated carbocycles. The van der Waals surface area contributed by atoms with Crippen molar-refractivity contribution >= 4 is 11.6 Å². The van der Waals surface area contributed by atoms with Gasteiger partial charge in [-0.15, -0.1) is 0 Å². The number of hydrogen-bond donors (Lipinski definition) is 1. The van der Waals surface area contributed by atoms with Gasteiger partial charge in [-0.2, -0.15) is 0 Å². The molecule has 3 heteroatoms. The van der Waals surface area contributed by atoms with E-state index in [0.717, 1.165) is 49.1 Å². The minimum atomic E-state index is 0.749. The van der Waals surface area contributed by atoms with Gasteiger partial charge in [0.2, 0.25) is 0 Å². The van der Waals surface area contributed by atoms with Gasteiger partial charge in [0.25, 0.3) is 0 Å². The highest BCUT2D eigenvalue weighted by atomic mass is 35.5. The summed E-state index contributed by atoms with van der Waals surface area (Å²) in [6.45, 7) is 1.60. The Morgan fingerprint density at radius 1 is 1.29 bits per heavy atom. The quantitative estimate of drug-likeness (QED) is 0.756.